The molecule has 0 spiro atoms. The quantitative estimate of drug-likeness (QED) is 0.571. The molecule has 1 aromatic heterocycles. The zero-order valence-electron chi connectivity index (χ0n) is 14.9. The molecule has 0 fully saturated rings. The van der Waals surface area contributed by atoms with Crippen LogP contribution in [0, 0.1) is 0 Å². The normalized spacial score (nSPS) is 10.6. The van der Waals surface area contributed by atoms with Gasteiger partial charge in [-0.05, 0) is 70.4 Å². The SMILES string of the molecule is CC(=O)c1ccc(NC(=O)c2ccnc(NCCCN(C)C)c2)cc1. The van der Waals surface area contributed by atoms with Gasteiger partial charge in [0.1, 0.15) is 5.82 Å². The van der Waals surface area contributed by atoms with Crippen molar-refractivity contribution in [1.82, 2.24) is 9.88 Å². The average Bonchev–Trinajstić information content (AvgIpc) is 2.59. The van der Waals surface area contributed by atoms with Gasteiger partial charge < -0.3 is 15.5 Å². The molecule has 2 aromatic rings. The van der Waals surface area contributed by atoms with E-state index in [4.69, 9.17) is 0 Å². The third-order valence-corrected chi connectivity index (χ3v) is 3.66. The monoisotopic (exact) mass is 340 g/mol. The molecular weight excluding hydrogens is 316 g/mol. The molecule has 2 N–H and O–H groups in total. The molecule has 0 bridgehead atoms. The van der Waals surface area contributed by atoms with Crippen LogP contribution >= 0.6 is 0 Å². The number of carbonyl (C=O) groups is 2. The van der Waals surface area contributed by atoms with E-state index in [9.17, 15) is 9.59 Å². The van der Waals surface area contributed by atoms with Crippen molar-refractivity contribution in [2.75, 3.05) is 37.8 Å². The Balaban J connectivity index is 1.94. The summed E-state index contributed by atoms with van der Waals surface area (Å²) in [5.41, 5.74) is 1.79. The minimum atomic E-state index is -0.214. The topological polar surface area (TPSA) is 74.3 Å². The van der Waals surface area contributed by atoms with Gasteiger partial charge in [0, 0.05) is 29.6 Å². The Morgan fingerprint density at radius 3 is 2.44 bits per heavy atom. The number of aromatic nitrogens is 1. The Bertz CT molecular complexity index is 726. The summed E-state index contributed by atoms with van der Waals surface area (Å²) in [6.45, 7) is 3.30. The Hall–Kier alpha value is -2.73. The van der Waals surface area contributed by atoms with Crippen molar-refractivity contribution in [3.63, 3.8) is 0 Å². The summed E-state index contributed by atoms with van der Waals surface area (Å²) < 4.78 is 0. The minimum absolute atomic E-state index is 0.00278. The third-order valence-electron chi connectivity index (χ3n) is 3.66. The highest BCUT2D eigenvalue weighted by Gasteiger charge is 2.08. The first-order chi connectivity index (χ1) is 12.0. The maximum absolute atomic E-state index is 12.4. The Labute approximate surface area is 148 Å². The number of nitrogens with zero attached hydrogens (tertiary/aromatic N) is 2. The summed E-state index contributed by atoms with van der Waals surface area (Å²) in [7, 11) is 4.07. The summed E-state index contributed by atoms with van der Waals surface area (Å²) in [4.78, 5) is 30.0. The molecule has 1 aromatic carbocycles. The number of anilines is 2. The van der Waals surface area contributed by atoms with Crippen molar-refractivity contribution >= 4 is 23.2 Å². The number of pyridine rings is 1. The maximum atomic E-state index is 12.4. The van der Waals surface area contributed by atoms with E-state index in [1.807, 2.05) is 14.1 Å². The highest BCUT2D eigenvalue weighted by Crippen LogP contribution is 2.13. The fourth-order valence-electron chi connectivity index (χ4n) is 2.27. The van der Waals surface area contributed by atoms with Gasteiger partial charge in [-0.25, -0.2) is 4.98 Å². The van der Waals surface area contributed by atoms with Gasteiger partial charge in [0.05, 0.1) is 0 Å². The first kappa shape index (κ1) is 18.6. The number of hydrogen-bond donors (Lipinski definition) is 2. The second-order valence-electron chi connectivity index (χ2n) is 6.10. The lowest BCUT2D eigenvalue weighted by atomic mass is 10.1. The van der Waals surface area contributed by atoms with Gasteiger partial charge in [-0.3, -0.25) is 9.59 Å². The Morgan fingerprint density at radius 1 is 1.08 bits per heavy atom. The predicted octanol–water partition coefficient (Wildman–Crippen LogP) is 2.90. The number of benzene rings is 1. The maximum Gasteiger partial charge on any atom is 0.255 e. The molecule has 0 saturated heterocycles. The summed E-state index contributed by atoms with van der Waals surface area (Å²) in [5.74, 6) is 0.463. The first-order valence-electron chi connectivity index (χ1n) is 8.22. The van der Waals surface area contributed by atoms with E-state index in [0.29, 0.717) is 22.6 Å². The first-order valence-corrected chi connectivity index (χ1v) is 8.22. The molecule has 6 heteroatoms. The predicted molar refractivity (Wildman–Crippen MR) is 100 cm³/mol. The molecule has 0 unspecified atom stereocenters. The lowest BCUT2D eigenvalue weighted by Crippen LogP contribution is -2.17. The van der Waals surface area contributed by atoms with Crippen molar-refractivity contribution in [1.29, 1.82) is 0 Å². The van der Waals surface area contributed by atoms with Crippen molar-refractivity contribution in [3.05, 3.63) is 53.7 Å². The molecule has 0 aliphatic heterocycles. The number of ketones is 1. The second-order valence-corrected chi connectivity index (χ2v) is 6.10. The minimum Gasteiger partial charge on any atom is -0.370 e. The van der Waals surface area contributed by atoms with Gasteiger partial charge >= 0.3 is 0 Å². The smallest absolute Gasteiger partial charge is 0.255 e. The number of hydrogen-bond acceptors (Lipinski definition) is 5. The molecular formula is C19H24N4O2. The van der Waals surface area contributed by atoms with Crippen LogP contribution in [0.4, 0.5) is 11.5 Å². The lowest BCUT2D eigenvalue weighted by Gasteiger charge is -2.11. The van der Waals surface area contributed by atoms with E-state index in [2.05, 4.69) is 20.5 Å². The summed E-state index contributed by atoms with van der Waals surface area (Å²) in [5, 5.41) is 6.05. The summed E-state index contributed by atoms with van der Waals surface area (Å²) >= 11 is 0. The van der Waals surface area contributed by atoms with Crippen LogP contribution in [-0.2, 0) is 0 Å². The zero-order valence-corrected chi connectivity index (χ0v) is 14.9. The van der Waals surface area contributed by atoms with Gasteiger partial charge in [0.25, 0.3) is 5.91 Å². The van der Waals surface area contributed by atoms with Gasteiger partial charge in [0.15, 0.2) is 5.78 Å². The molecule has 1 heterocycles. The van der Waals surface area contributed by atoms with Crippen molar-refractivity contribution in [2.45, 2.75) is 13.3 Å². The van der Waals surface area contributed by atoms with Crippen LogP contribution in [0.1, 0.15) is 34.1 Å². The lowest BCUT2D eigenvalue weighted by molar-refractivity contribution is 0.101. The van der Waals surface area contributed by atoms with Crippen LogP contribution in [0.2, 0.25) is 0 Å². The number of Topliss-reactive ketones (excluding diaryl/α,β-unsaturated/α-hetero) is 1. The Morgan fingerprint density at radius 2 is 1.80 bits per heavy atom. The van der Waals surface area contributed by atoms with Crippen LogP contribution in [0.3, 0.4) is 0 Å². The van der Waals surface area contributed by atoms with Crippen LogP contribution in [0.5, 0.6) is 0 Å². The molecule has 0 radical (unpaired) electrons. The standard InChI is InChI=1S/C19H24N4O2/c1-14(24)15-5-7-17(8-6-15)22-19(25)16-9-11-21-18(13-16)20-10-4-12-23(2)3/h5-9,11,13H,4,10,12H2,1-3H3,(H,20,21)(H,22,25). The number of amides is 1. The van der Waals surface area contributed by atoms with E-state index in [0.717, 1.165) is 19.5 Å². The Kier molecular flexibility index (Phi) is 6.65. The molecule has 0 aliphatic rings. The molecule has 25 heavy (non-hydrogen) atoms. The summed E-state index contributed by atoms with van der Waals surface area (Å²) in [6.07, 6.45) is 2.61. The molecule has 2 rings (SSSR count). The number of carbonyl (C=O) groups excluding carboxylic acids is 2. The fourth-order valence-corrected chi connectivity index (χ4v) is 2.27. The second kappa shape index (κ2) is 8.94. The van der Waals surface area contributed by atoms with Gasteiger partial charge in [-0.1, -0.05) is 0 Å². The molecule has 132 valence electrons. The van der Waals surface area contributed by atoms with Crippen LogP contribution in [0.15, 0.2) is 42.6 Å². The summed E-state index contributed by atoms with van der Waals surface area (Å²) in [6, 6.07) is 10.2. The highest BCUT2D eigenvalue weighted by atomic mass is 16.1. The van der Waals surface area contributed by atoms with Crippen molar-refractivity contribution < 1.29 is 9.59 Å². The average molecular weight is 340 g/mol. The van der Waals surface area contributed by atoms with Crippen molar-refractivity contribution in [3.8, 4) is 0 Å². The van der Waals surface area contributed by atoms with Gasteiger partial charge in [-0.15, -0.1) is 0 Å². The molecule has 0 atom stereocenters. The van der Waals surface area contributed by atoms with Gasteiger partial charge in [-0.2, -0.15) is 0 Å². The largest absolute Gasteiger partial charge is 0.370 e. The molecule has 6 nitrogen and oxygen atoms in total. The fraction of sp³-hybridized carbons (Fsp3) is 0.316. The number of nitrogens with one attached hydrogen (secondary N) is 2. The van der Waals surface area contributed by atoms with Crippen molar-refractivity contribution in [2.24, 2.45) is 0 Å². The van der Waals surface area contributed by atoms with E-state index < -0.39 is 0 Å². The van der Waals surface area contributed by atoms with E-state index in [-0.39, 0.29) is 11.7 Å². The van der Waals surface area contributed by atoms with E-state index >= 15 is 0 Å². The van der Waals surface area contributed by atoms with Crippen LogP contribution in [0.25, 0.3) is 0 Å². The number of rotatable bonds is 8. The zero-order chi connectivity index (χ0) is 18.2. The molecule has 0 aliphatic carbocycles. The molecule has 1 amide bonds. The van der Waals surface area contributed by atoms with Crippen LogP contribution < -0.4 is 10.6 Å². The third kappa shape index (κ3) is 6.00. The highest BCUT2D eigenvalue weighted by molar-refractivity contribution is 6.05. The van der Waals surface area contributed by atoms with Gasteiger partial charge in [0.2, 0.25) is 0 Å². The van der Waals surface area contributed by atoms with E-state index in [1.165, 1.54) is 6.92 Å². The molecule has 0 saturated carbocycles. The van der Waals surface area contributed by atoms with E-state index in [1.54, 1.807) is 42.6 Å². The van der Waals surface area contributed by atoms with Crippen LogP contribution in [-0.4, -0.2) is 48.8 Å².